The highest BCUT2D eigenvalue weighted by molar-refractivity contribution is 7.15. The number of rotatable bonds is 7. The van der Waals surface area contributed by atoms with Gasteiger partial charge in [-0.15, -0.1) is 16.4 Å². The van der Waals surface area contributed by atoms with Crippen LogP contribution in [0.15, 0.2) is 70.3 Å². The van der Waals surface area contributed by atoms with Crippen molar-refractivity contribution in [1.29, 1.82) is 0 Å². The van der Waals surface area contributed by atoms with Gasteiger partial charge in [-0.05, 0) is 18.9 Å². The zero-order valence-electron chi connectivity index (χ0n) is 22.0. The SMILES string of the molecule is CCc1ncc(-c2sc(C3CC3)nc2-c2nnc(N[C@H]3N=C(c4ccccc4)c4cccc(F)c4CC3=O)o2)cn1. The fourth-order valence-electron chi connectivity index (χ4n) is 4.77. The molecule has 7 rings (SSSR count). The molecule has 11 heteroatoms. The summed E-state index contributed by atoms with van der Waals surface area (Å²) >= 11 is 1.58. The highest BCUT2D eigenvalue weighted by Gasteiger charge is 2.32. The molecule has 0 spiro atoms. The Hall–Kier alpha value is -4.64. The van der Waals surface area contributed by atoms with Gasteiger partial charge in [0.15, 0.2) is 11.9 Å². The molecule has 2 aliphatic rings. The zero-order chi connectivity index (χ0) is 27.9. The van der Waals surface area contributed by atoms with Crippen molar-refractivity contribution in [3.05, 3.63) is 94.3 Å². The van der Waals surface area contributed by atoms with Crippen LogP contribution in [0.1, 0.15) is 53.2 Å². The number of benzene rings is 2. The van der Waals surface area contributed by atoms with Crippen LogP contribution < -0.4 is 5.32 Å². The number of carbonyl (C=O) groups is 1. The van der Waals surface area contributed by atoms with Crippen LogP contribution in [-0.4, -0.2) is 42.8 Å². The number of thiazole rings is 1. The van der Waals surface area contributed by atoms with Crippen molar-refractivity contribution in [2.24, 2.45) is 4.99 Å². The lowest BCUT2D eigenvalue weighted by atomic mass is 9.95. The summed E-state index contributed by atoms with van der Waals surface area (Å²) in [5.41, 5.74) is 3.55. The maximum Gasteiger partial charge on any atom is 0.317 e. The molecule has 1 fully saturated rings. The van der Waals surface area contributed by atoms with Crippen molar-refractivity contribution in [3.8, 4) is 22.0 Å². The number of Topliss-reactive ketones (excluding diaryl/α,β-unsaturated/α-hetero) is 1. The molecule has 0 bridgehead atoms. The summed E-state index contributed by atoms with van der Waals surface area (Å²) in [4.78, 5) is 32.6. The minimum atomic E-state index is -1.06. The number of hydrogen-bond donors (Lipinski definition) is 1. The molecule has 41 heavy (non-hydrogen) atoms. The third-order valence-corrected chi connectivity index (χ3v) is 8.34. The van der Waals surface area contributed by atoms with Crippen LogP contribution in [0.3, 0.4) is 0 Å². The standard InChI is InChI=1S/C30H24FN7O2S/c1-2-23-32-14-18(15-33-23)26-25(35-29(41-26)17-11-12-17)28-37-38-30(40-28)36-27-22(39)13-20-19(9-6-10-21(20)31)24(34-27)16-7-4-3-5-8-16/h3-10,14-15,17,27H,2,11-13H2,1H3,(H,36,38)/t27-/m1/s1. The average Bonchev–Trinajstić information content (AvgIpc) is 3.62. The molecule has 9 nitrogen and oxygen atoms in total. The second-order valence-electron chi connectivity index (χ2n) is 9.96. The number of nitrogens with one attached hydrogen (secondary N) is 1. The molecular weight excluding hydrogens is 541 g/mol. The molecule has 1 aliphatic heterocycles. The van der Waals surface area contributed by atoms with Crippen molar-refractivity contribution >= 4 is 28.8 Å². The van der Waals surface area contributed by atoms with Gasteiger partial charge in [0.25, 0.3) is 5.89 Å². The molecule has 2 aromatic carbocycles. The Morgan fingerprint density at radius 2 is 1.83 bits per heavy atom. The van der Waals surface area contributed by atoms with Gasteiger partial charge in [0, 0.05) is 53.4 Å². The first-order valence-corrected chi connectivity index (χ1v) is 14.2. The molecule has 1 saturated carbocycles. The Kier molecular flexibility index (Phi) is 6.43. The quantitative estimate of drug-likeness (QED) is 0.270. The topological polar surface area (TPSA) is 119 Å². The minimum Gasteiger partial charge on any atom is -0.402 e. The van der Waals surface area contributed by atoms with Crippen LogP contribution in [0.2, 0.25) is 0 Å². The van der Waals surface area contributed by atoms with Crippen LogP contribution in [-0.2, 0) is 17.6 Å². The number of fused-ring (bicyclic) bond motifs is 1. The average molecular weight is 566 g/mol. The molecule has 0 unspecified atom stereocenters. The Labute approximate surface area is 238 Å². The van der Waals surface area contributed by atoms with Crippen molar-refractivity contribution in [2.45, 2.75) is 44.7 Å². The lowest BCUT2D eigenvalue weighted by Crippen LogP contribution is -2.29. The van der Waals surface area contributed by atoms with E-state index in [4.69, 9.17) is 14.4 Å². The van der Waals surface area contributed by atoms with Crippen LogP contribution in [0, 0.1) is 5.82 Å². The number of anilines is 1. The second-order valence-corrected chi connectivity index (χ2v) is 11.0. The van der Waals surface area contributed by atoms with Gasteiger partial charge in [-0.1, -0.05) is 54.5 Å². The molecule has 1 N–H and O–H groups in total. The van der Waals surface area contributed by atoms with Gasteiger partial charge in [-0.2, -0.15) is 0 Å². The predicted molar refractivity (Wildman–Crippen MR) is 152 cm³/mol. The monoisotopic (exact) mass is 565 g/mol. The number of ketones is 1. The number of halogens is 1. The number of carbonyl (C=O) groups excluding carboxylic acids is 1. The minimum absolute atomic E-state index is 0.0189. The summed E-state index contributed by atoms with van der Waals surface area (Å²) in [5, 5.41) is 12.4. The van der Waals surface area contributed by atoms with Gasteiger partial charge in [-0.3, -0.25) is 9.79 Å². The highest BCUT2D eigenvalue weighted by Crippen LogP contribution is 2.46. The number of nitrogens with zero attached hydrogens (tertiary/aromatic N) is 6. The first kappa shape index (κ1) is 25.3. The van der Waals surface area contributed by atoms with Crippen molar-refractivity contribution in [2.75, 3.05) is 5.32 Å². The molecule has 1 atom stereocenters. The first-order chi connectivity index (χ1) is 20.1. The molecular formula is C30H24FN7O2S. The van der Waals surface area contributed by atoms with Crippen molar-refractivity contribution in [1.82, 2.24) is 25.1 Å². The van der Waals surface area contributed by atoms with E-state index in [9.17, 15) is 9.18 Å². The normalized spacial score (nSPS) is 16.7. The molecule has 0 saturated heterocycles. The molecule has 1 aliphatic carbocycles. The van der Waals surface area contributed by atoms with Gasteiger partial charge in [-0.25, -0.2) is 19.3 Å². The van der Waals surface area contributed by atoms with E-state index in [0.29, 0.717) is 28.5 Å². The van der Waals surface area contributed by atoms with Gasteiger partial charge >= 0.3 is 6.01 Å². The zero-order valence-corrected chi connectivity index (χ0v) is 22.9. The summed E-state index contributed by atoms with van der Waals surface area (Å²) in [7, 11) is 0. The summed E-state index contributed by atoms with van der Waals surface area (Å²) in [6.07, 6.45) is 5.33. The Morgan fingerprint density at radius 1 is 1.02 bits per heavy atom. The lowest BCUT2D eigenvalue weighted by Gasteiger charge is -2.11. The third kappa shape index (κ3) is 4.93. The van der Waals surface area contributed by atoms with Gasteiger partial charge in [0.2, 0.25) is 0 Å². The number of aliphatic imine (C=N–C) groups is 1. The summed E-state index contributed by atoms with van der Waals surface area (Å²) in [5.74, 6) is 0.643. The van der Waals surface area contributed by atoms with E-state index < -0.39 is 12.0 Å². The van der Waals surface area contributed by atoms with Gasteiger partial charge in [0.05, 0.1) is 15.6 Å². The molecule has 0 amide bonds. The maximum absolute atomic E-state index is 14.9. The van der Waals surface area contributed by atoms with E-state index in [1.54, 1.807) is 35.9 Å². The number of aromatic nitrogens is 5. The van der Waals surface area contributed by atoms with Crippen molar-refractivity contribution < 1.29 is 13.6 Å². The molecule has 5 aromatic rings. The number of hydrogen-bond acceptors (Lipinski definition) is 10. The maximum atomic E-state index is 14.9. The molecule has 4 heterocycles. The lowest BCUT2D eigenvalue weighted by molar-refractivity contribution is -0.119. The van der Waals surface area contributed by atoms with Gasteiger partial charge < -0.3 is 9.73 Å². The van der Waals surface area contributed by atoms with E-state index in [0.717, 1.165) is 46.1 Å². The smallest absolute Gasteiger partial charge is 0.317 e. The van der Waals surface area contributed by atoms with Crippen LogP contribution in [0.25, 0.3) is 22.0 Å². The molecule has 204 valence electrons. The van der Waals surface area contributed by atoms with E-state index in [2.05, 4.69) is 25.5 Å². The first-order valence-electron chi connectivity index (χ1n) is 13.4. The second kappa shape index (κ2) is 10.4. The summed E-state index contributed by atoms with van der Waals surface area (Å²) < 4.78 is 20.9. The fourth-order valence-corrected chi connectivity index (χ4v) is 5.97. The Morgan fingerprint density at radius 3 is 2.59 bits per heavy atom. The van der Waals surface area contributed by atoms with Gasteiger partial charge in [0.1, 0.15) is 17.3 Å². The summed E-state index contributed by atoms with van der Waals surface area (Å²) in [6, 6.07) is 14.2. The Balaban J connectivity index is 1.23. The van der Waals surface area contributed by atoms with Crippen molar-refractivity contribution in [3.63, 3.8) is 0 Å². The van der Waals surface area contributed by atoms with Crippen LogP contribution in [0.4, 0.5) is 10.4 Å². The Bertz CT molecular complexity index is 1780. The number of aryl methyl sites for hydroxylation is 1. The van der Waals surface area contributed by atoms with E-state index >= 15 is 0 Å². The fraction of sp³-hybridized carbons (Fsp3) is 0.233. The van der Waals surface area contributed by atoms with E-state index in [1.165, 1.54) is 6.07 Å². The van der Waals surface area contributed by atoms with Crippen LogP contribution >= 0.6 is 11.3 Å². The molecule has 3 aromatic heterocycles. The summed E-state index contributed by atoms with van der Waals surface area (Å²) in [6.45, 7) is 2.01. The highest BCUT2D eigenvalue weighted by atomic mass is 32.1. The predicted octanol–water partition coefficient (Wildman–Crippen LogP) is 5.63. The van der Waals surface area contributed by atoms with E-state index in [-0.39, 0.29) is 24.1 Å². The van der Waals surface area contributed by atoms with Crippen LogP contribution in [0.5, 0.6) is 0 Å². The third-order valence-electron chi connectivity index (χ3n) is 7.08. The van der Waals surface area contributed by atoms with E-state index in [1.807, 2.05) is 37.3 Å². The molecule has 0 radical (unpaired) electrons. The largest absolute Gasteiger partial charge is 0.402 e.